The minimum absolute atomic E-state index is 0.187. The van der Waals surface area contributed by atoms with Gasteiger partial charge < -0.3 is 15.3 Å². The van der Waals surface area contributed by atoms with Crippen molar-refractivity contribution in [2.24, 2.45) is 0 Å². The van der Waals surface area contributed by atoms with Gasteiger partial charge in [0.15, 0.2) is 0 Å². The number of fused-ring (bicyclic) bond motifs is 1. The van der Waals surface area contributed by atoms with E-state index in [1.54, 1.807) is 25.2 Å². The Kier molecular flexibility index (Phi) is 4.80. The molecule has 0 bridgehead atoms. The van der Waals surface area contributed by atoms with Crippen molar-refractivity contribution >= 4 is 5.69 Å². The average Bonchev–Trinajstić information content (AvgIpc) is 2.79. The summed E-state index contributed by atoms with van der Waals surface area (Å²) in [5.74, 6) is -0.667. The number of rotatable bonds is 5. The molecule has 1 heterocycles. The molecule has 1 aliphatic heterocycles. The summed E-state index contributed by atoms with van der Waals surface area (Å²) in [5.41, 5.74) is 2.28. The molecule has 134 valence electrons. The van der Waals surface area contributed by atoms with Crippen LogP contribution in [-0.2, 0) is 5.41 Å². The molecule has 0 radical (unpaired) electrons. The molecule has 1 aliphatic rings. The Bertz CT molecular complexity index is 763. The second-order valence-corrected chi connectivity index (χ2v) is 7.30. The summed E-state index contributed by atoms with van der Waals surface area (Å²) in [7, 11) is 1.76. The van der Waals surface area contributed by atoms with Gasteiger partial charge >= 0.3 is 0 Å². The number of anilines is 1. The molecule has 2 N–H and O–H groups in total. The Morgan fingerprint density at radius 1 is 1.16 bits per heavy atom. The maximum atomic E-state index is 13.9. The van der Waals surface area contributed by atoms with Crippen LogP contribution in [0.2, 0.25) is 0 Å². The lowest BCUT2D eigenvalue weighted by Crippen LogP contribution is -2.42. The summed E-state index contributed by atoms with van der Waals surface area (Å²) in [4.78, 5) is 2.00. The average molecular weight is 346 g/mol. The number of nitrogens with zero attached hydrogens (tertiary/aromatic N) is 1. The van der Waals surface area contributed by atoms with E-state index in [9.17, 15) is 13.9 Å². The van der Waals surface area contributed by atoms with Crippen LogP contribution in [0, 0.1) is 11.6 Å². The molecule has 0 aliphatic carbocycles. The standard InChI is InChI=1S/C20H24F2N2O/c1-20(2)12-24(17-10-15(22)7-8-16(17)20)19(18(25)11-23-3)13-5-4-6-14(21)9-13/h4-10,18-19,23,25H,11-12H2,1-3H3/t18-,19+/m1/s1. The number of aliphatic hydroxyl groups is 1. The van der Waals surface area contributed by atoms with Gasteiger partial charge in [-0.05, 0) is 42.4 Å². The molecule has 3 rings (SSSR count). The molecule has 5 heteroatoms. The van der Waals surface area contributed by atoms with E-state index < -0.39 is 12.1 Å². The van der Waals surface area contributed by atoms with Gasteiger partial charge in [0.2, 0.25) is 0 Å². The molecule has 0 fully saturated rings. The van der Waals surface area contributed by atoms with Crippen LogP contribution in [0.4, 0.5) is 14.5 Å². The molecule has 0 unspecified atom stereocenters. The minimum atomic E-state index is -0.767. The van der Waals surface area contributed by atoms with E-state index in [0.717, 1.165) is 11.3 Å². The summed E-state index contributed by atoms with van der Waals surface area (Å²) in [5, 5.41) is 13.7. The molecule has 0 saturated carbocycles. The lowest BCUT2D eigenvalue weighted by molar-refractivity contribution is 0.140. The first-order valence-corrected chi connectivity index (χ1v) is 8.48. The Hall–Kier alpha value is -1.98. The van der Waals surface area contributed by atoms with Crippen LogP contribution in [-0.4, -0.2) is 31.3 Å². The topological polar surface area (TPSA) is 35.5 Å². The van der Waals surface area contributed by atoms with Crippen molar-refractivity contribution in [3.8, 4) is 0 Å². The van der Waals surface area contributed by atoms with Crippen LogP contribution in [0.5, 0.6) is 0 Å². The van der Waals surface area contributed by atoms with E-state index >= 15 is 0 Å². The highest BCUT2D eigenvalue weighted by Crippen LogP contribution is 2.45. The zero-order valence-electron chi connectivity index (χ0n) is 14.8. The van der Waals surface area contributed by atoms with E-state index in [1.807, 2.05) is 4.90 Å². The van der Waals surface area contributed by atoms with Gasteiger partial charge in [0.05, 0.1) is 12.1 Å². The molecular formula is C20H24F2N2O. The normalized spacial score (nSPS) is 18.1. The van der Waals surface area contributed by atoms with Gasteiger partial charge in [-0.2, -0.15) is 0 Å². The van der Waals surface area contributed by atoms with Crippen LogP contribution < -0.4 is 10.2 Å². The molecule has 2 aromatic rings. The summed E-state index contributed by atoms with van der Waals surface area (Å²) < 4.78 is 27.7. The SMILES string of the molecule is CNC[C@@H](O)[C@H](c1cccc(F)c1)N1CC(C)(C)c2ccc(F)cc21. The zero-order valence-corrected chi connectivity index (χ0v) is 14.8. The van der Waals surface area contributed by atoms with Gasteiger partial charge in [-0.25, -0.2) is 8.78 Å². The van der Waals surface area contributed by atoms with Gasteiger partial charge in [0, 0.05) is 24.2 Å². The first-order valence-electron chi connectivity index (χ1n) is 8.48. The Morgan fingerprint density at radius 3 is 2.56 bits per heavy atom. The minimum Gasteiger partial charge on any atom is -0.389 e. The third-order valence-electron chi connectivity index (χ3n) is 4.87. The van der Waals surface area contributed by atoms with E-state index in [4.69, 9.17) is 0 Å². The zero-order chi connectivity index (χ0) is 18.2. The Balaban J connectivity index is 2.10. The smallest absolute Gasteiger partial charge is 0.125 e. The number of hydrogen-bond acceptors (Lipinski definition) is 3. The molecule has 2 atom stereocenters. The first-order chi connectivity index (χ1) is 11.8. The number of likely N-dealkylation sites (N-methyl/N-ethyl adjacent to an activating group) is 1. The van der Waals surface area contributed by atoms with Crippen LogP contribution in [0.3, 0.4) is 0 Å². The van der Waals surface area contributed by atoms with Crippen molar-refractivity contribution < 1.29 is 13.9 Å². The molecule has 2 aromatic carbocycles. The van der Waals surface area contributed by atoms with Gasteiger partial charge in [0.25, 0.3) is 0 Å². The highest BCUT2D eigenvalue weighted by atomic mass is 19.1. The Morgan fingerprint density at radius 2 is 1.88 bits per heavy atom. The van der Waals surface area contributed by atoms with Crippen molar-refractivity contribution in [3.63, 3.8) is 0 Å². The number of hydrogen-bond donors (Lipinski definition) is 2. The molecule has 0 amide bonds. The molecule has 25 heavy (non-hydrogen) atoms. The van der Waals surface area contributed by atoms with Crippen LogP contribution in [0.25, 0.3) is 0 Å². The highest BCUT2D eigenvalue weighted by molar-refractivity contribution is 5.64. The summed E-state index contributed by atoms with van der Waals surface area (Å²) in [6, 6.07) is 10.6. The molecule has 0 saturated heterocycles. The number of aliphatic hydroxyl groups excluding tert-OH is 1. The fourth-order valence-electron chi connectivity index (χ4n) is 3.78. The largest absolute Gasteiger partial charge is 0.389 e. The summed E-state index contributed by atoms with van der Waals surface area (Å²) >= 11 is 0. The fraction of sp³-hybridized carbons (Fsp3) is 0.400. The second kappa shape index (κ2) is 6.73. The van der Waals surface area contributed by atoms with Gasteiger partial charge in [0.1, 0.15) is 11.6 Å². The highest BCUT2D eigenvalue weighted by Gasteiger charge is 2.40. The van der Waals surface area contributed by atoms with Crippen molar-refractivity contribution in [1.29, 1.82) is 0 Å². The van der Waals surface area contributed by atoms with Crippen LogP contribution in [0.15, 0.2) is 42.5 Å². The fourth-order valence-corrected chi connectivity index (χ4v) is 3.78. The number of halogens is 2. The van der Waals surface area contributed by atoms with Crippen LogP contribution in [0.1, 0.15) is 31.0 Å². The number of benzene rings is 2. The summed E-state index contributed by atoms with van der Waals surface area (Å²) in [6.45, 7) is 5.16. The van der Waals surface area contributed by atoms with Crippen molar-refractivity contribution in [3.05, 3.63) is 65.2 Å². The predicted octanol–water partition coefficient (Wildman–Crippen LogP) is 3.38. The quantitative estimate of drug-likeness (QED) is 0.871. The van der Waals surface area contributed by atoms with Crippen molar-refractivity contribution in [2.75, 3.05) is 25.0 Å². The van der Waals surface area contributed by atoms with Gasteiger partial charge in [-0.1, -0.05) is 32.0 Å². The first kappa shape index (κ1) is 17.8. The summed E-state index contributed by atoms with van der Waals surface area (Å²) in [6.07, 6.45) is -0.767. The van der Waals surface area contributed by atoms with E-state index in [2.05, 4.69) is 19.2 Å². The number of nitrogens with one attached hydrogen (secondary N) is 1. The van der Waals surface area contributed by atoms with E-state index in [-0.39, 0.29) is 17.0 Å². The third kappa shape index (κ3) is 3.39. The molecule has 0 aromatic heterocycles. The predicted molar refractivity (Wildman–Crippen MR) is 95.8 cm³/mol. The van der Waals surface area contributed by atoms with Gasteiger partial charge in [-0.15, -0.1) is 0 Å². The van der Waals surface area contributed by atoms with Crippen LogP contribution >= 0.6 is 0 Å². The maximum absolute atomic E-state index is 13.9. The lowest BCUT2D eigenvalue weighted by Gasteiger charge is -2.35. The van der Waals surface area contributed by atoms with Gasteiger partial charge in [-0.3, -0.25) is 0 Å². The maximum Gasteiger partial charge on any atom is 0.125 e. The lowest BCUT2D eigenvalue weighted by atomic mass is 9.87. The third-order valence-corrected chi connectivity index (χ3v) is 4.87. The monoisotopic (exact) mass is 346 g/mol. The Labute approximate surface area is 147 Å². The van der Waals surface area contributed by atoms with Crippen molar-refractivity contribution in [1.82, 2.24) is 5.32 Å². The molecule has 3 nitrogen and oxygen atoms in total. The van der Waals surface area contributed by atoms with Crippen molar-refractivity contribution in [2.45, 2.75) is 31.4 Å². The molecular weight excluding hydrogens is 322 g/mol. The molecule has 0 spiro atoms. The van der Waals surface area contributed by atoms with E-state index in [0.29, 0.717) is 18.7 Å². The van der Waals surface area contributed by atoms with E-state index in [1.165, 1.54) is 24.3 Å². The second-order valence-electron chi connectivity index (χ2n) is 7.30.